The Morgan fingerprint density at radius 2 is 2.15 bits per heavy atom. The molecule has 1 N–H and O–H groups in total. The molecule has 1 aromatic rings. The summed E-state index contributed by atoms with van der Waals surface area (Å²) < 4.78 is 19.9. The number of halogens is 1. The summed E-state index contributed by atoms with van der Waals surface area (Å²) in [6.07, 6.45) is 2.26. The highest BCUT2D eigenvalue weighted by Crippen LogP contribution is 2.35. The predicted octanol–water partition coefficient (Wildman–Crippen LogP) is 2.95. The van der Waals surface area contributed by atoms with Gasteiger partial charge < -0.3 is 14.9 Å². The number of hydrogen-bond acceptors (Lipinski definition) is 5. The molecule has 0 aromatic heterocycles. The maximum absolute atomic E-state index is 14.7. The highest BCUT2D eigenvalue weighted by atomic mass is 19.1. The van der Waals surface area contributed by atoms with Gasteiger partial charge in [-0.15, -0.1) is 0 Å². The van der Waals surface area contributed by atoms with Crippen LogP contribution in [0, 0.1) is 5.82 Å². The van der Waals surface area contributed by atoms with Gasteiger partial charge in [-0.3, -0.25) is 9.69 Å². The summed E-state index contributed by atoms with van der Waals surface area (Å²) in [6.45, 7) is 1.92. The van der Waals surface area contributed by atoms with E-state index in [9.17, 15) is 14.0 Å². The molecule has 1 atom stereocenters. The number of nitrogens with zero attached hydrogens (tertiary/aromatic N) is 2. The van der Waals surface area contributed by atoms with Gasteiger partial charge in [-0.25, -0.2) is 9.18 Å². The first-order chi connectivity index (χ1) is 13.0. The van der Waals surface area contributed by atoms with Crippen molar-refractivity contribution in [1.29, 1.82) is 0 Å². The van der Waals surface area contributed by atoms with Crippen LogP contribution in [0.4, 0.5) is 14.9 Å². The molecular formula is C19H24FN3O4. The fraction of sp³-hybridized carbons (Fsp3) is 0.526. The molecule has 2 amide bonds. The average molecular weight is 377 g/mol. The van der Waals surface area contributed by atoms with Gasteiger partial charge in [0, 0.05) is 6.92 Å². The third-order valence-electron chi connectivity index (χ3n) is 4.97. The zero-order valence-electron chi connectivity index (χ0n) is 15.5. The second-order valence-corrected chi connectivity index (χ2v) is 6.87. The number of nitrogens with one attached hydrogen (secondary N) is 1. The van der Waals surface area contributed by atoms with Gasteiger partial charge in [0.25, 0.3) is 0 Å². The van der Waals surface area contributed by atoms with Crippen LogP contribution in [0.1, 0.15) is 44.1 Å². The smallest absolute Gasteiger partial charge is 0.414 e. The van der Waals surface area contributed by atoms with E-state index in [1.54, 1.807) is 12.1 Å². The van der Waals surface area contributed by atoms with Crippen molar-refractivity contribution in [2.75, 3.05) is 25.1 Å². The molecule has 1 saturated carbocycles. The van der Waals surface area contributed by atoms with Gasteiger partial charge in [-0.05, 0) is 49.3 Å². The third-order valence-corrected chi connectivity index (χ3v) is 4.97. The molecule has 2 aliphatic rings. The van der Waals surface area contributed by atoms with Crippen LogP contribution in [0.5, 0.6) is 0 Å². The number of ether oxygens (including phenoxy) is 1. The highest BCUT2D eigenvalue weighted by Gasteiger charge is 2.33. The second kappa shape index (κ2) is 8.37. The molecule has 2 fully saturated rings. The topological polar surface area (TPSA) is 80.2 Å². The number of amides is 2. The molecule has 1 aliphatic carbocycles. The molecule has 1 saturated heterocycles. The normalized spacial score (nSPS) is 22.4. The minimum Gasteiger partial charge on any atom is -0.442 e. The summed E-state index contributed by atoms with van der Waals surface area (Å²) in [5.41, 5.74) is 2.14. The lowest BCUT2D eigenvalue weighted by atomic mass is 9.83. The Bertz CT molecular complexity index is 742. The van der Waals surface area contributed by atoms with Crippen molar-refractivity contribution in [3.8, 4) is 0 Å². The second-order valence-electron chi connectivity index (χ2n) is 6.87. The molecule has 0 bridgehead atoms. The number of hydrogen-bond donors (Lipinski definition) is 1. The maximum Gasteiger partial charge on any atom is 0.414 e. The van der Waals surface area contributed by atoms with E-state index in [2.05, 4.69) is 10.5 Å². The molecule has 8 heteroatoms. The van der Waals surface area contributed by atoms with Gasteiger partial charge in [0.2, 0.25) is 5.91 Å². The third kappa shape index (κ3) is 4.56. The number of rotatable bonds is 5. The number of benzene rings is 1. The van der Waals surface area contributed by atoms with Crippen LogP contribution in [0.25, 0.3) is 0 Å². The van der Waals surface area contributed by atoms with Crippen molar-refractivity contribution < 1.29 is 23.6 Å². The Hall–Kier alpha value is -2.64. The van der Waals surface area contributed by atoms with Gasteiger partial charge in [0.05, 0.1) is 24.5 Å². The van der Waals surface area contributed by atoms with Gasteiger partial charge in [-0.1, -0.05) is 11.2 Å². The molecule has 7 nitrogen and oxygen atoms in total. The van der Waals surface area contributed by atoms with E-state index in [4.69, 9.17) is 9.57 Å². The molecule has 0 unspecified atom stereocenters. The van der Waals surface area contributed by atoms with Crippen LogP contribution in [-0.4, -0.2) is 44.0 Å². The van der Waals surface area contributed by atoms with Crippen LogP contribution < -0.4 is 10.2 Å². The fourth-order valence-corrected chi connectivity index (χ4v) is 3.59. The Kier molecular flexibility index (Phi) is 5.93. The van der Waals surface area contributed by atoms with Gasteiger partial charge in [0.1, 0.15) is 19.0 Å². The van der Waals surface area contributed by atoms with Gasteiger partial charge in [-0.2, -0.15) is 0 Å². The zero-order valence-corrected chi connectivity index (χ0v) is 15.5. The Labute approximate surface area is 157 Å². The van der Waals surface area contributed by atoms with Crippen molar-refractivity contribution in [2.24, 2.45) is 5.16 Å². The fourth-order valence-electron chi connectivity index (χ4n) is 3.59. The molecule has 1 heterocycles. The van der Waals surface area contributed by atoms with Crippen LogP contribution in [0.2, 0.25) is 0 Å². The quantitative estimate of drug-likeness (QED) is 0.800. The lowest BCUT2D eigenvalue weighted by Gasteiger charge is -2.24. The van der Waals surface area contributed by atoms with E-state index in [-0.39, 0.29) is 30.7 Å². The van der Waals surface area contributed by atoms with E-state index in [1.807, 2.05) is 0 Å². The van der Waals surface area contributed by atoms with Gasteiger partial charge >= 0.3 is 6.09 Å². The molecule has 0 spiro atoms. The molecule has 27 heavy (non-hydrogen) atoms. The Morgan fingerprint density at radius 1 is 1.41 bits per heavy atom. The molecule has 3 rings (SSSR count). The lowest BCUT2D eigenvalue weighted by Crippen LogP contribution is -2.33. The minimum absolute atomic E-state index is 0.132. The van der Waals surface area contributed by atoms with E-state index >= 15 is 0 Å². The number of carbonyl (C=O) groups excluding carboxylic acids is 2. The first kappa shape index (κ1) is 19.1. The molecule has 146 valence electrons. The van der Waals surface area contributed by atoms with Crippen LogP contribution in [0.3, 0.4) is 0 Å². The first-order valence-corrected chi connectivity index (χ1v) is 9.09. The average Bonchev–Trinajstić information content (AvgIpc) is 3.02. The summed E-state index contributed by atoms with van der Waals surface area (Å²) in [6, 6.07) is 4.89. The molecule has 1 aliphatic heterocycles. The Morgan fingerprint density at radius 3 is 2.78 bits per heavy atom. The minimum atomic E-state index is -0.532. The molecule has 1 aromatic carbocycles. The van der Waals surface area contributed by atoms with E-state index < -0.39 is 12.2 Å². The van der Waals surface area contributed by atoms with Crippen molar-refractivity contribution in [1.82, 2.24) is 5.32 Å². The summed E-state index contributed by atoms with van der Waals surface area (Å²) in [7, 11) is 1.53. The molecule has 0 radical (unpaired) electrons. The van der Waals surface area contributed by atoms with Crippen molar-refractivity contribution in [2.45, 2.75) is 44.6 Å². The number of carbonyl (C=O) groups is 2. The standard InChI is InChI=1S/C19H24FN3O4/c1-12(24)21-10-16-11-23(19(25)27-16)15-7-8-17(18(20)9-15)13-3-5-14(6-4-13)22-26-2/h7-9,13,16H,3-6,10-11H2,1-2H3,(H,21,24)/t13?,16-/m0/s1. The van der Waals surface area contributed by atoms with E-state index in [1.165, 1.54) is 25.0 Å². The van der Waals surface area contributed by atoms with E-state index in [0.717, 1.165) is 31.4 Å². The van der Waals surface area contributed by atoms with Crippen molar-refractivity contribution in [3.63, 3.8) is 0 Å². The largest absolute Gasteiger partial charge is 0.442 e. The van der Waals surface area contributed by atoms with Gasteiger partial charge in [0.15, 0.2) is 0 Å². The predicted molar refractivity (Wildman–Crippen MR) is 98.4 cm³/mol. The Balaban J connectivity index is 1.66. The van der Waals surface area contributed by atoms with Crippen LogP contribution in [0.15, 0.2) is 23.4 Å². The summed E-state index contributed by atoms with van der Waals surface area (Å²) in [4.78, 5) is 29.3. The monoisotopic (exact) mass is 377 g/mol. The highest BCUT2D eigenvalue weighted by molar-refractivity contribution is 5.90. The number of oxime groups is 1. The summed E-state index contributed by atoms with van der Waals surface area (Å²) >= 11 is 0. The first-order valence-electron chi connectivity index (χ1n) is 9.09. The number of anilines is 1. The van der Waals surface area contributed by atoms with Crippen LogP contribution >= 0.6 is 0 Å². The summed E-state index contributed by atoms with van der Waals surface area (Å²) in [5, 5.41) is 6.60. The van der Waals surface area contributed by atoms with Crippen LogP contribution in [-0.2, 0) is 14.4 Å². The SMILES string of the molecule is CON=C1CCC(c2ccc(N3C[C@H](CNC(C)=O)OC3=O)cc2F)CC1. The zero-order chi connectivity index (χ0) is 19.4. The number of cyclic esters (lactones) is 1. The van der Waals surface area contributed by atoms with E-state index in [0.29, 0.717) is 11.3 Å². The summed E-state index contributed by atoms with van der Waals surface area (Å²) in [5.74, 6) is -0.373. The van der Waals surface area contributed by atoms with Crippen molar-refractivity contribution >= 4 is 23.4 Å². The lowest BCUT2D eigenvalue weighted by molar-refractivity contribution is -0.119. The van der Waals surface area contributed by atoms with Crippen molar-refractivity contribution in [3.05, 3.63) is 29.6 Å². The molecular weight excluding hydrogens is 353 g/mol. The maximum atomic E-state index is 14.7.